The van der Waals surface area contributed by atoms with E-state index < -0.39 is 0 Å². The minimum absolute atomic E-state index is 0.524. The van der Waals surface area contributed by atoms with Crippen LogP contribution in [0.1, 0.15) is 38.3 Å². The number of rotatable bonds is 4. The summed E-state index contributed by atoms with van der Waals surface area (Å²) in [6.45, 7) is 14.3. The third-order valence-corrected chi connectivity index (χ3v) is 5.69. The van der Waals surface area contributed by atoms with Crippen LogP contribution in [0, 0.1) is 6.92 Å². The number of nitrogens with zero attached hydrogens (tertiary/aromatic N) is 2. The van der Waals surface area contributed by atoms with E-state index in [1.807, 2.05) is 11.3 Å². The zero-order valence-electron chi connectivity index (χ0n) is 12.6. The Kier molecular flexibility index (Phi) is 5.15. The molecule has 1 fully saturated rings. The van der Waals surface area contributed by atoms with Crippen molar-refractivity contribution in [1.82, 2.24) is 10.3 Å². The summed E-state index contributed by atoms with van der Waals surface area (Å²) >= 11 is 3.94. The summed E-state index contributed by atoms with van der Waals surface area (Å²) in [5.74, 6) is 0. The van der Waals surface area contributed by atoms with Gasteiger partial charge >= 0.3 is 0 Å². The van der Waals surface area contributed by atoms with E-state index in [9.17, 15) is 0 Å². The van der Waals surface area contributed by atoms with E-state index in [2.05, 4.69) is 56.6 Å². The Bertz CT molecular complexity index is 407. The van der Waals surface area contributed by atoms with Crippen molar-refractivity contribution in [3.05, 3.63) is 10.6 Å². The highest BCUT2D eigenvalue weighted by atomic mass is 32.2. The van der Waals surface area contributed by atoms with Crippen LogP contribution in [-0.4, -0.2) is 34.6 Å². The highest BCUT2D eigenvalue weighted by Gasteiger charge is 2.24. The number of hydrogen-bond donors (Lipinski definition) is 1. The molecule has 0 amide bonds. The average Bonchev–Trinajstić information content (AvgIpc) is 2.67. The van der Waals surface area contributed by atoms with E-state index in [0.29, 0.717) is 16.5 Å². The lowest BCUT2D eigenvalue weighted by Crippen LogP contribution is -2.40. The fourth-order valence-corrected chi connectivity index (χ4v) is 4.70. The van der Waals surface area contributed by atoms with E-state index in [0.717, 1.165) is 19.6 Å². The number of aromatic nitrogens is 1. The molecule has 0 saturated carbocycles. The minimum atomic E-state index is 0.524. The van der Waals surface area contributed by atoms with E-state index in [1.165, 1.54) is 15.7 Å². The Balaban J connectivity index is 2.06. The van der Waals surface area contributed by atoms with Crippen molar-refractivity contribution in [3.8, 4) is 0 Å². The first-order chi connectivity index (χ1) is 8.95. The summed E-state index contributed by atoms with van der Waals surface area (Å²) in [7, 11) is 0. The molecule has 2 atom stereocenters. The number of thiazole rings is 1. The fraction of sp³-hybridized carbons (Fsp3) is 0.786. The predicted octanol–water partition coefficient (Wildman–Crippen LogP) is 3.28. The molecular weight excluding hydrogens is 274 g/mol. The molecule has 2 unspecified atom stereocenters. The summed E-state index contributed by atoms with van der Waals surface area (Å²) in [6, 6.07) is 0.524. The van der Waals surface area contributed by atoms with Gasteiger partial charge in [0.15, 0.2) is 5.13 Å². The predicted molar refractivity (Wildman–Crippen MR) is 87.6 cm³/mol. The van der Waals surface area contributed by atoms with Gasteiger partial charge in [-0.15, -0.1) is 11.3 Å². The van der Waals surface area contributed by atoms with E-state index in [4.69, 9.17) is 4.98 Å². The molecule has 19 heavy (non-hydrogen) atoms. The maximum absolute atomic E-state index is 4.78. The van der Waals surface area contributed by atoms with Crippen LogP contribution in [0.5, 0.6) is 0 Å². The van der Waals surface area contributed by atoms with Crippen molar-refractivity contribution in [2.75, 3.05) is 18.0 Å². The van der Waals surface area contributed by atoms with Gasteiger partial charge in [-0.25, -0.2) is 4.98 Å². The monoisotopic (exact) mass is 299 g/mol. The molecule has 1 aliphatic heterocycles. The molecule has 2 rings (SSSR count). The first kappa shape index (κ1) is 15.1. The van der Waals surface area contributed by atoms with Gasteiger partial charge < -0.3 is 10.2 Å². The van der Waals surface area contributed by atoms with Crippen LogP contribution in [0.15, 0.2) is 0 Å². The lowest BCUT2D eigenvalue weighted by molar-refractivity contribution is 0.591. The summed E-state index contributed by atoms with van der Waals surface area (Å²) in [5, 5.41) is 6.09. The smallest absolute Gasteiger partial charge is 0.185 e. The van der Waals surface area contributed by atoms with Crippen molar-refractivity contribution in [2.45, 2.75) is 57.7 Å². The van der Waals surface area contributed by atoms with Crippen molar-refractivity contribution in [2.24, 2.45) is 0 Å². The first-order valence-electron chi connectivity index (χ1n) is 7.05. The Labute approximate surface area is 125 Å². The van der Waals surface area contributed by atoms with Crippen molar-refractivity contribution in [1.29, 1.82) is 0 Å². The van der Waals surface area contributed by atoms with Crippen molar-refractivity contribution in [3.63, 3.8) is 0 Å². The molecule has 0 aromatic carbocycles. The quantitative estimate of drug-likeness (QED) is 0.923. The lowest BCUT2D eigenvalue weighted by atomic mass is 10.3. The molecule has 0 radical (unpaired) electrons. The maximum Gasteiger partial charge on any atom is 0.185 e. The second-order valence-corrected chi connectivity index (χ2v) is 8.65. The van der Waals surface area contributed by atoms with Gasteiger partial charge in [0.2, 0.25) is 0 Å². The largest absolute Gasteiger partial charge is 0.346 e. The first-order valence-corrected chi connectivity index (χ1v) is 8.81. The third-order valence-electron chi connectivity index (χ3n) is 3.24. The topological polar surface area (TPSA) is 28.2 Å². The Morgan fingerprint density at radius 1 is 1.32 bits per heavy atom. The second kappa shape index (κ2) is 6.46. The lowest BCUT2D eigenvalue weighted by Gasteiger charge is -2.34. The molecule has 0 bridgehead atoms. The molecule has 1 aliphatic rings. The standard InChI is InChI=1S/C14H25N3S2/c1-9(2)15-6-13-12(5)16-14(19-13)17-7-10(3)18-11(4)8-17/h9-11,15H,6-8H2,1-5H3. The Morgan fingerprint density at radius 3 is 2.53 bits per heavy atom. The van der Waals surface area contributed by atoms with E-state index in [-0.39, 0.29) is 0 Å². The molecule has 0 aliphatic carbocycles. The molecular formula is C14H25N3S2. The second-order valence-electron chi connectivity index (χ2n) is 5.70. The van der Waals surface area contributed by atoms with Gasteiger partial charge in [0, 0.05) is 41.1 Å². The van der Waals surface area contributed by atoms with E-state index >= 15 is 0 Å². The summed E-state index contributed by atoms with van der Waals surface area (Å²) < 4.78 is 0. The molecule has 2 heterocycles. The van der Waals surface area contributed by atoms with Gasteiger partial charge in [0.05, 0.1) is 5.69 Å². The summed E-state index contributed by atoms with van der Waals surface area (Å²) in [6.07, 6.45) is 0. The molecule has 0 spiro atoms. The Hall–Kier alpha value is -0.260. The zero-order valence-corrected chi connectivity index (χ0v) is 14.2. The summed E-state index contributed by atoms with van der Waals surface area (Å²) in [4.78, 5) is 8.61. The number of thioether (sulfide) groups is 1. The third kappa shape index (κ3) is 4.10. The SMILES string of the molecule is Cc1nc(N2CC(C)SC(C)C2)sc1CNC(C)C. The fourth-order valence-electron chi connectivity index (χ4n) is 2.34. The van der Waals surface area contributed by atoms with Crippen molar-refractivity contribution >= 4 is 28.2 Å². The van der Waals surface area contributed by atoms with Crippen molar-refractivity contribution < 1.29 is 0 Å². The number of anilines is 1. The Morgan fingerprint density at radius 2 is 1.95 bits per heavy atom. The van der Waals surface area contributed by atoms with Crippen LogP contribution in [0.2, 0.25) is 0 Å². The van der Waals surface area contributed by atoms with Gasteiger partial charge in [-0.1, -0.05) is 27.7 Å². The number of nitrogens with one attached hydrogen (secondary N) is 1. The average molecular weight is 300 g/mol. The number of hydrogen-bond acceptors (Lipinski definition) is 5. The molecule has 1 aromatic rings. The molecule has 108 valence electrons. The number of aryl methyl sites for hydroxylation is 1. The molecule has 5 heteroatoms. The van der Waals surface area contributed by atoms with Gasteiger partial charge in [-0.3, -0.25) is 0 Å². The molecule has 1 aromatic heterocycles. The van der Waals surface area contributed by atoms with Gasteiger partial charge in [-0.2, -0.15) is 11.8 Å². The van der Waals surface area contributed by atoms with Crippen LogP contribution in [0.4, 0.5) is 5.13 Å². The van der Waals surface area contributed by atoms with Gasteiger partial charge in [-0.05, 0) is 6.92 Å². The zero-order chi connectivity index (χ0) is 14.0. The van der Waals surface area contributed by atoms with Crippen LogP contribution in [0.25, 0.3) is 0 Å². The minimum Gasteiger partial charge on any atom is -0.346 e. The van der Waals surface area contributed by atoms with Crippen LogP contribution in [-0.2, 0) is 6.54 Å². The molecule has 3 nitrogen and oxygen atoms in total. The molecule has 1 saturated heterocycles. The van der Waals surface area contributed by atoms with Gasteiger partial charge in [0.1, 0.15) is 0 Å². The van der Waals surface area contributed by atoms with Crippen LogP contribution in [0.3, 0.4) is 0 Å². The maximum atomic E-state index is 4.78. The van der Waals surface area contributed by atoms with Crippen LogP contribution < -0.4 is 10.2 Å². The van der Waals surface area contributed by atoms with Gasteiger partial charge in [0.25, 0.3) is 0 Å². The highest BCUT2D eigenvalue weighted by Crippen LogP contribution is 2.32. The van der Waals surface area contributed by atoms with Crippen LogP contribution >= 0.6 is 23.1 Å². The van der Waals surface area contributed by atoms with E-state index in [1.54, 1.807) is 0 Å². The highest BCUT2D eigenvalue weighted by molar-refractivity contribution is 8.00. The molecule has 1 N–H and O–H groups in total. The summed E-state index contributed by atoms with van der Waals surface area (Å²) in [5.41, 5.74) is 1.19. The normalized spacial score (nSPS) is 24.2.